The van der Waals surface area contributed by atoms with Crippen LogP contribution in [0.4, 0.5) is 19.0 Å². The van der Waals surface area contributed by atoms with Crippen LogP contribution in [0.1, 0.15) is 18.9 Å². The van der Waals surface area contributed by atoms with Gasteiger partial charge in [-0.25, -0.2) is 4.98 Å². The minimum atomic E-state index is -4.44. The Balaban J connectivity index is 2.31. The van der Waals surface area contributed by atoms with E-state index in [0.717, 1.165) is 6.07 Å². The number of pyridine rings is 1. The van der Waals surface area contributed by atoms with E-state index in [-0.39, 0.29) is 11.7 Å². The Kier molecular flexibility index (Phi) is 4.06. The molecule has 1 aliphatic rings. The third-order valence-corrected chi connectivity index (χ3v) is 3.78. The molecule has 1 aromatic heterocycles. The van der Waals surface area contributed by atoms with E-state index < -0.39 is 17.8 Å². The summed E-state index contributed by atoms with van der Waals surface area (Å²) in [5.74, 6) is -0.0645. The Bertz CT molecular complexity index is 465. The van der Waals surface area contributed by atoms with Gasteiger partial charge < -0.3 is 10.0 Å². The third kappa shape index (κ3) is 3.20. The molecule has 0 saturated carbocycles. The maximum absolute atomic E-state index is 13.0. The highest BCUT2D eigenvalue weighted by Gasteiger charge is 2.38. The van der Waals surface area contributed by atoms with Gasteiger partial charge in [0.05, 0.1) is 11.7 Å². The molecule has 2 heterocycles. The minimum Gasteiger partial charge on any atom is -0.393 e. The van der Waals surface area contributed by atoms with E-state index >= 15 is 0 Å². The lowest BCUT2D eigenvalue weighted by Crippen LogP contribution is -2.27. The lowest BCUT2D eigenvalue weighted by Gasteiger charge is -2.22. The van der Waals surface area contributed by atoms with Crippen LogP contribution in [0.15, 0.2) is 16.7 Å². The number of hydrogen-bond acceptors (Lipinski definition) is 3. The molecule has 0 spiro atoms. The van der Waals surface area contributed by atoms with Gasteiger partial charge in [-0.15, -0.1) is 0 Å². The van der Waals surface area contributed by atoms with Crippen molar-refractivity contribution in [3.05, 3.63) is 22.3 Å². The molecule has 1 fully saturated rings. The van der Waals surface area contributed by atoms with Crippen LogP contribution in [-0.4, -0.2) is 29.3 Å². The van der Waals surface area contributed by atoms with E-state index in [1.54, 1.807) is 11.8 Å². The molecular weight excluding hydrogens is 325 g/mol. The molecule has 0 aliphatic carbocycles. The first-order valence-corrected chi connectivity index (χ1v) is 6.74. The third-order valence-electron chi connectivity index (χ3n) is 3.35. The molecule has 2 atom stereocenters. The van der Waals surface area contributed by atoms with Crippen molar-refractivity contribution in [3.63, 3.8) is 0 Å². The van der Waals surface area contributed by atoms with Gasteiger partial charge in [0.2, 0.25) is 0 Å². The largest absolute Gasteiger partial charge is 0.419 e. The summed E-state index contributed by atoms with van der Waals surface area (Å²) in [6.07, 6.45) is -2.92. The van der Waals surface area contributed by atoms with Crippen LogP contribution in [0.5, 0.6) is 0 Å². The van der Waals surface area contributed by atoms with Crippen LogP contribution < -0.4 is 4.90 Å². The SMILES string of the molecule is CC(O)C1CCN(c2ncc(Br)cc2C(F)(F)F)C1. The maximum Gasteiger partial charge on any atom is 0.419 e. The number of hydrogen-bond donors (Lipinski definition) is 1. The van der Waals surface area contributed by atoms with Crippen LogP contribution in [0.2, 0.25) is 0 Å². The second-order valence-electron chi connectivity index (χ2n) is 4.76. The van der Waals surface area contributed by atoms with E-state index in [2.05, 4.69) is 20.9 Å². The summed E-state index contributed by atoms with van der Waals surface area (Å²) in [5, 5.41) is 9.51. The molecule has 0 bridgehead atoms. The zero-order chi connectivity index (χ0) is 14.2. The number of aliphatic hydroxyl groups is 1. The molecule has 1 saturated heterocycles. The van der Waals surface area contributed by atoms with E-state index in [0.29, 0.717) is 24.0 Å². The molecule has 2 unspecified atom stereocenters. The summed E-state index contributed by atoms with van der Waals surface area (Å²) in [6, 6.07) is 1.04. The number of aromatic nitrogens is 1. The number of anilines is 1. The molecule has 1 aromatic rings. The number of nitrogens with zero attached hydrogens (tertiary/aromatic N) is 2. The predicted molar refractivity (Wildman–Crippen MR) is 68.9 cm³/mol. The summed E-state index contributed by atoms with van der Waals surface area (Å²) in [4.78, 5) is 5.49. The molecular formula is C12H14BrF3N2O. The van der Waals surface area contributed by atoms with Crippen molar-refractivity contribution in [2.24, 2.45) is 5.92 Å². The van der Waals surface area contributed by atoms with Crippen LogP contribution in [0.3, 0.4) is 0 Å². The average molecular weight is 339 g/mol. The van der Waals surface area contributed by atoms with E-state index in [4.69, 9.17) is 0 Å². The zero-order valence-corrected chi connectivity index (χ0v) is 11.9. The molecule has 106 valence electrons. The number of aliphatic hydroxyl groups excluding tert-OH is 1. The summed E-state index contributed by atoms with van der Waals surface area (Å²) in [6.45, 7) is 2.54. The Morgan fingerprint density at radius 2 is 2.21 bits per heavy atom. The number of rotatable bonds is 2. The molecule has 1 aliphatic heterocycles. The summed E-state index contributed by atoms with van der Waals surface area (Å²) in [7, 11) is 0. The second kappa shape index (κ2) is 5.28. The normalized spacial score (nSPS) is 21.8. The minimum absolute atomic E-state index is 0.00784. The van der Waals surface area contributed by atoms with E-state index in [1.807, 2.05) is 0 Å². The van der Waals surface area contributed by atoms with Gasteiger partial charge in [-0.2, -0.15) is 13.2 Å². The van der Waals surface area contributed by atoms with Crippen LogP contribution in [-0.2, 0) is 6.18 Å². The molecule has 7 heteroatoms. The lowest BCUT2D eigenvalue weighted by molar-refractivity contribution is -0.137. The Hall–Kier alpha value is -0.820. The highest BCUT2D eigenvalue weighted by molar-refractivity contribution is 9.10. The Morgan fingerprint density at radius 3 is 2.74 bits per heavy atom. The van der Waals surface area contributed by atoms with Crippen LogP contribution in [0, 0.1) is 5.92 Å². The summed E-state index contributed by atoms with van der Waals surface area (Å²) >= 11 is 3.01. The molecule has 2 rings (SSSR count). The fraction of sp³-hybridized carbons (Fsp3) is 0.583. The van der Waals surface area contributed by atoms with Crippen LogP contribution in [0.25, 0.3) is 0 Å². The van der Waals surface area contributed by atoms with E-state index in [9.17, 15) is 18.3 Å². The van der Waals surface area contributed by atoms with Gasteiger partial charge in [0.25, 0.3) is 0 Å². The zero-order valence-electron chi connectivity index (χ0n) is 10.3. The smallest absolute Gasteiger partial charge is 0.393 e. The van der Waals surface area contributed by atoms with Crippen molar-refractivity contribution in [1.29, 1.82) is 0 Å². The average Bonchev–Trinajstić information content (AvgIpc) is 2.77. The molecule has 0 radical (unpaired) electrons. The van der Waals surface area contributed by atoms with Crippen molar-refractivity contribution >= 4 is 21.7 Å². The molecule has 3 nitrogen and oxygen atoms in total. The highest BCUT2D eigenvalue weighted by Crippen LogP contribution is 2.38. The van der Waals surface area contributed by atoms with Gasteiger partial charge in [-0.1, -0.05) is 0 Å². The summed E-state index contributed by atoms with van der Waals surface area (Å²) < 4.78 is 39.3. The van der Waals surface area contributed by atoms with Gasteiger partial charge in [-0.05, 0) is 35.3 Å². The Morgan fingerprint density at radius 1 is 1.53 bits per heavy atom. The standard InChI is InChI=1S/C12H14BrF3N2O/c1-7(19)8-2-3-18(6-8)11-10(12(14,15)16)4-9(13)5-17-11/h4-5,7-8,19H,2-3,6H2,1H3. The molecule has 19 heavy (non-hydrogen) atoms. The monoisotopic (exact) mass is 338 g/mol. The first kappa shape index (κ1) is 14.6. The van der Waals surface area contributed by atoms with Crippen molar-refractivity contribution in [2.45, 2.75) is 25.6 Å². The van der Waals surface area contributed by atoms with Crippen molar-refractivity contribution < 1.29 is 18.3 Å². The summed E-state index contributed by atoms with van der Waals surface area (Å²) in [5.41, 5.74) is -0.742. The fourth-order valence-corrected chi connectivity index (χ4v) is 2.60. The Labute approximate surface area is 117 Å². The topological polar surface area (TPSA) is 36.4 Å². The quantitative estimate of drug-likeness (QED) is 0.900. The van der Waals surface area contributed by atoms with Gasteiger partial charge in [-0.3, -0.25) is 0 Å². The van der Waals surface area contributed by atoms with Crippen molar-refractivity contribution in [2.75, 3.05) is 18.0 Å². The maximum atomic E-state index is 13.0. The van der Waals surface area contributed by atoms with Gasteiger partial charge in [0, 0.05) is 29.7 Å². The first-order chi connectivity index (χ1) is 8.79. The fourth-order valence-electron chi connectivity index (χ4n) is 2.27. The molecule has 0 amide bonds. The van der Waals surface area contributed by atoms with Gasteiger partial charge in [0.1, 0.15) is 5.82 Å². The highest BCUT2D eigenvalue weighted by atomic mass is 79.9. The second-order valence-corrected chi connectivity index (χ2v) is 5.67. The number of halogens is 4. The molecule has 1 N–H and O–H groups in total. The van der Waals surface area contributed by atoms with Crippen molar-refractivity contribution in [1.82, 2.24) is 4.98 Å². The van der Waals surface area contributed by atoms with E-state index in [1.165, 1.54) is 6.20 Å². The van der Waals surface area contributed by atoms with Crippen LogP contribution >= 0.6 is 15.9 Å². The molecule has 0 aromatic carbocycles. The predicted octanol–water partition coefficient (Wildman–Crippen LogP) is 3.07. The first-order valence-electron chi connectivity index (χ1n) is 5.95. The van der Waals surface area contributed by atoms with Gasteiger partial charge >= 0.3 is 6.18 Å². The lowest BCUT2D eigenvalue weighted by atomic mass is 10.0. The number of alkyl halides is 3. The van der Waals surface area contributed by atoms with Gasteiger partial charge in [0.15, 0.2) is 0 Å². The van der Waals surface area contributed by atoms with Crippen molar-refractivity contribution in [3.8, 4) is 0 Å².